The minimum atomic E-state index is 0.330. The van der Waals surface area contributed by atoms with Gasteiger partial charge in [0.05, 0.1) is 5.52 Å². The van der Waals surface area contributed by atoms with Crippen LogP contribution in [0, 0.1) is 0 Å². The molecule has 24 heavy (non-hydrogen) atoms. The maximum atomic E-state index is 5.81. The van der Waals surface area contributed by atoms with E-state index in [1.165, 1.54) is 5.56 Å². The lowest BCUT2D eigenvalue weighted by Crippen LogP contribution is -1.98. The van der Waals surface area contributed by atoms with Crippen LogP contribution in [0.25, 0.3) is 16.6 Å². The average Bonchev–Trinajstić information content (AvgIpc) is 3.04. The zero-order valence-corrected chi connectivity index (χ0v) is 13.7. The number of nitrogens with zero attached hydrogens (tertiary/aromatic N) is 4. The second kappa shape index (κ2) is 5.92. The number of rotatable bonds is 4. The van der Waals surface area contributed by atoms with Crippen molar-refractivity contribution in [2.75, 3.05) is 0 Å². The molecule has 0 unspecified atom stereocenters. The van der Waals surface area contributed by atoms with Crippen molar-refractivity contribution < 1.29 is 4.74 Å². The summed E-state index contributed by atoms with van der Waals surface area (Å²) in [5, 5.41) is 5.43. The number of fused-ring (bicyclic) bond motifs is 3. The summed E-state index contributed by atoms with van der Waals surface area (Å²) in [5.41, 5.74) is 3.01. The number of hydrogen-bond donors (Lipinski definition) is 0. The van der Waals surface area contributed by atoms with E-state index in [9.17, 15) is 0 Å². The Morgan fingerprint density at radius 1 is 1.04 bits per heavy atom. The summed E-state index contributed by atoms with van der Waals surface area (Å²) >= 11 is 0. The van der Waals surface area contributed by atoms with E-state index in [0.29, 0.717) is 18.3 Å². The van der Waals surface area contributed by atoms with E-state index >= 15 is 0 Å². The molecule has 2 aromatic heterocycles. The van der Waals surface area contributed by atoms with Gasteiger partial charge in [-0.05, 0) is 35.7 Å². The molecule has 2 heterocycles. The molecule has 0 fully saturated rings. The number of aromatic nitrogens is 4. The Bertz CT molecular complexity index is 989. The Hall–Kier alpha value is -2.95. The van der Waals surface area contributed by atoms with E-state index < -0.39 is 0 Å². The molecule has 0 atom stereocenters. The highest BCUT2D eigenvalue weighted by Gasteiger charge is 2.08. The van der Waals surface area contributed by atoms with Gasteiger partial charge < -0.3 is 4.74 Å². The molecular weight excluding hydrogens is 300 g/mol. The first-order valence-electron chi connectivity index (χ1n) is 8.02. The fraction of sp³-hybridized carbons (Fsp3) is 0.211. The molecule has 0 radical (unpaired) electrons. The summed E-state index contributed by atoms with van der Waals surface area (Å²) in [6.45, 7) is 4.68. The van der Waals surface area contributed by atoms with E-state index in [0.717, 1.165) is 22.3 Å². The highest BCUT2D eigenvalue weighted by molar-refractivity contribution is 5.90. The molecule has 0 bridgehead atoms. The largest absolute Gasteiger partial charge is 0.486 e. The molecule has 0 amide bonds. The van der Waals surface area contributed by atoms with Crippen LogP contribution in [-0.4, -0.2) is 19.6 Å². The second-order valence-corrected chi connectivity index (χ2v) is 6.07. The number of hydrogen-bond acceptors (Lipinski definition) is 4. The van der Waals surface area contributed by atoms with Crippen molar-refractivity contribution >= 4 is 16.6 Å². The monoisotopic (exact) mass is 318 g/mol. The molecule has 120 valence electrons. The van der Waals surface area contributed by atoms with Crippen LogP contribution < -0.4 is 4.74 Å². The molecule has 2 aromatic carbocycles. The SMILES string of the molecule is CC(C)c1ccc(OCc2nc3c4ccccc4ncn3n2)cc1. The summed E-state index contributed by atoms with van der Waals surface area (Å²) in [4.78, 5) is 8.98. The fourth-order valence-corrected chi connectivity index (χ4v) is 2.68. The zero-order valence-electron chi connectivity index (χ0n) is 13.7. The van der Waals surface area contributed by atoms with Crippen molar-refractivity contribution in [1.29, 1.82) is 0 Å². The first-order chi connectivity index (χ1) is 11.7. The van der Waals surface area contributed by atoms with Crippen LogP contribution in [0.15, 0.2) is 54.9 Å². The Morgan fingerprint density at radius 3 is 2.62 bits per heavy atom. The van der Waals surface area contributed by atoms with E-state index in [1.54, 1.807) is 10.8 Å². The van der Waals surface area contributed by atoms with Crippen LogP contribution in [0.4, 0.5) is 0 Å². The maximum Gasteiger partial charge on any atom is 0.189 e. The number of ether oxygens (including phenoxy) is 1. The third kappa shape index (κ3) is 2.69. The Morgan fingerprint density at radius 2 is 1.83 bits per heavy atom. The predicted octanol–water partition coefficient (Wildman–Crippen LogP) is 3.98. The summed E-state index contributed by atoms with van der Waals surface area (Å²) in [7, 11) is 0. The van der Waals surface area contributed by atoms with Gasteiger partial charge in [-0.25, -0.2) is 14.5 Å². The standard InChI is InChI=1S/C19H18N4O/c1-13(2)14-7-9-15(10-8-14)24-11-18-21-19-16-5-3-4-6-17(16)20-12-23(19)22-18/h3-10,12-13H,11H2,1-2H3. The van der Waals surface area contributed by atoms with Crippen molar-refractivity contribution in [3.05, 3.63) is 66.2 Å². The van der Waals surface area contributed by atoms with Crippen molar-refractivity contribution in [2.45, 2.75) is 26.4 Å². The molecule has 0 N–H and O–H groups in total. The second-order valence-electron chi connectivity index (χ2n) is 6.07. The third-order valence-corrected chi connectivity index (χ3v) is 4.04. The lowest BCUT2D eigenvalue weighted by Gasteiger charge is -2.07. The van der Waals surface area contributed by atoms with E-state index in [1.807, 2.05) is 36.4 Å². The van der Waals surface area contributed by atoms with Crippen LogP contribution in [-0.2, 0) is 6.61 Å². The maximum absolute atomic E-state index is 5.81. The summed E-state index contributed by atoms with van der Waals surface area (Å²) < 4.78 is 7.51. The minimum Gasteiger partial charge on any atom is -0.486 e. The van der Waals surface area contributed by atoms with Gasteiger partial charge in [0.1, 0.15) is 18.7 Å². The van der Waals surface area contributed by atoms with E-state index in [4.69, 9.17) is 4.74 Å². The van der Waals surface area contributed by atoms with Crippen LogP contribution >= 0.6 is 0 Å². The van der Waals surface area contributed by atoms with Gasteiger partial charge in [-0.15, -0.1) is 5.10 Å². The normalized spacial score (nSPS) is 11.5. The van der Waals surface area contributed by atoms with Gasteiger partial charge in [0.25, 0.3) is 0 Å². The molecule has 0 saturated heterocycles. The lowest BCUT2D eigenvalue weighted by atomic mass is 10.0. The zero-order chi connectivity index (χ0) is 16.5. The van der Waals surface area contributed by atoms with Crippen molar-refractivity contribution in [3.63, 3.8) is 0 Å². The topological polar surface area (TPSA) is 52.3 Å². The molecule has 4 aromatic rings. The Balaban J connectivity index is 1.57. The summed E-state index contributed by atoms with van der Waals surface area (Å²) in [6, 6.07) is 16.1. The number of benzene rings is 2. The van der Waals surface area contributed by atoms with Gasteiger partial charge in [-0.1, -0.05) is 38.1 Å². The average molecular weight is 318 g/mol. The highest BCUT2D eigenvalue weighted by Crippen LogP contribution is 2.20. The Kier molecular flexibility index (Phi) is 3.61. The molecule has 0 aliphatic rings. The molecule has 0 aliphatic carbocycles. The molecule has 0 spiro atoms. The first-order valence-corrected chi connectivity index (χ1v) is 8.02. The molecule has 5 nitrogen and oxygen atoms in total. The lowest BCUT2D eigenvalue weighted by molar-refractivity contribution is 0.296. The Labute approximate surface area is 139 Å². The van der Waals surface area contributed by atoms with Crippen LogP contribution in [0.2, 0.25) is 0 Å². The van der Waals surface area contributed by atoms with Crippen LogP contribution in [0.3, 0.4) is 0 Å². The molecule has 5 heteroatoms. The molecule has 0 saturated carbocycles. The van der Waals surface area contributed by atoms with Gasteiger partial charge in [0, 0.05) is 5.39 Å². The van der Waals surface area contributed by atoms with Crippen molar-refractivity contribution in [2.24, 2.45) is 0 Å². The highest BCUT2D eigenvalue weighted by atomic mass is 16.5. The van der Waals surface area contributed by atoms with Crippen molar-refractivity contribution in [1.82, 2.24) is 19.6 Å². The molecule has 0 aliphatic heterocycles. The molecule has 4 rings (SSSR count). The first kappa shape index (κ1) is 14.6. The van der Waals surface area contributed by atoms with Gasteiger partial charge >= 0.3 is 0 Å². The van der Waals surface area contributed by atoms with E-state index in [2.05, 4.69) is 41.0 Å². The summed E-state index contributed by atoms with van der Waals surface area (Å²) in [5.74, 6) is 1.97. The quantitative estimate of drug-likeness (QED) is 0.571. The van der Waals surface area contributed by atoms with Crippen LogP contribution in [0.5, 0.6) is 5.75 Å². The number of para-hydroxylation sites is 1. The van der Waals surface area contributed by atoms with E-state index in [-0.39, 0.29) is 0 Å². The summed E-state index contributed by atoms with van der Waals surface area (Å²) in [6.07, 6.45) is 1.69. The van der Waals surface area contributed by atoms with Gasteiger partial charge in [0.2, 0.25) is 0 Å². The van der Waals surface area contributed by atoms with Crippen molar-refractivity contribution in [3.8, 4) is 5.75 Å². The fourth-order valence-electron chi connectivity index (χ4n) is 2.68. The van der Waals surface area contributed by atoms with Gasteiger partial charge in [-0.2, -0.15) is 0 Å². The smallest absolute Gasteiger partial charge is 0.189 e. The van der Waals surface area contributed by atoms with Gasteiger partial charge in [-0.3, -0.25) is 0 Å². The minimum absolute atomic E-state index is 0.330. The van der Waals surface area contributed by atoms with Gasteiger partial charge in [0.15, 0.2) is 11.5 Å². The van der Waals surface area contributed by atoms with Crippen LogP contribution in [0.1, 0.15) is 31.2 Å². The molecular formula is C19H18N4O. The predicted molar refractivity (Wildman–Crippen MR) is 93.2 cm³/mol. The third-order valence-electron chi connectivity index (χ3n) is 4.04.